The van der Waals surface area contributed by atoms with Gasteiger partial charge in [0, 0.05) is 0 Å². The number of benzene rings is 2. The van der Waals surface area contributed by atoms with Gasteiger partial charge in [-0.15, -0.1) is 0 Å². The highest BCUT2D eigenvalue weighted by Gasteiger charge is 1.92. The standard InChI is InChI=1S/C15H13FO/c16-15-3-1-2-13(10-15)7-4-12-5-8-14(11-17)9-6-12/h1-10,17H,11H2/b7-4+. The maximum absolute atomic E-state index is 12.9. The molecule has 0 amide bonds. The van der Waals surface area contributed by atoms with Gasteiger partial charge in [0.1, 0.15) is 5.82 Å². The van der Waals surface area contributed by atoms with Gasteiger partial charge in [-0.1, -0.05) is 48.6 Å². The van der Waals surface area contributed by atoms with E-state index in [0.29, 0.717) is 0 Å². The molecule has 0 aliphatic carbocycles. The Kier molecular flexibility index (Phi) is 3.68. The zero-order valence-corrected chi connectivity index (χ0v) is 9.31. The number of aliphatic hydroxyl groups is 1. The molecular weight excluding hydrogens is 215 g/mol. The third-order valence-electron chi connectivity index (χ3n) is 2.48. The quantitative estimate of drug-likeness (QED) is 0.797. The normalized spacial score (nSPS) is 10.9. The summed E-state index contributed by atoms with van der Waals surface area (Å²) in [6.07, 6.45) is 3.77. The van der Waals surface area contributed by atoms with Crippen molar-refractivity contribution in [2.45, 2.75) is 6.61 Å². The Hall–Kier alpha value is -1.93. The van der Waals surface area contributed by atoms with Crippen LogP contribution in [0.4, 0.5) is 4.39 Å². The monoisotopic (exact) mass is 228 g/mol. The Bertz CT molecular complexity index is 515. The highest BCUT2D eigenvalue weighted by Crippen LogP contribution is 2.10. The van der Waals surface area contributed by atoms with E-state index in [1.807, 2.05) is 42.5 Å². The summed E-state index contributed by atoms with van der Waals surface area (Å²) >= 11 is 0. The van der Waals surface area contributed by atoms with Crippen molar-refractivity contribution >= 4 is 12.2 Å². The summed E-state index contributed by atoms with van der Waals surface area (Å²) in [5.41, 5.74) is 2.73. The summed E-state index contributed by atoms with van der Waals surface area (Å²) in [4.78, 5) is 0. The minimum atomic E-state index is -0.234. The van der Waals surface area contributed by atoms with Gasteiger partial charge in [0.2, 0.25) is 0 Å². The van der Waals surface area contributed by atoms with Gasteiger partial charge < -0.3 is 5.11 Å². The van der Waals surface area contributed by atoms with Crippen LogP contribution in [-0.4, -0.2) is 5.11 Å². The average Bonchev–Trinajstić information content (AvgIpc) is 2.37. The van der Waals surface area contributed by atoms with Crippen LogP contribution in [0.25, 0.3) is 12.2 Å². The Balaban J connectivity index is 2.14. The van der Waals surface area contributed by atoms with Crippen LogP contribution >= 0.6 is 0 Å². The van der Waals surface area contributed by atoms with E-state index in [-0.39, 0.29) is 12.4 Å². The average molecular weight is 228 g/mol. The predicted molar refractivity (Wildman–Crippen MR) is 67.7 cm³/mol. The fourth-order valence-electron chi connectivity index (χ4n) is 1.54. The fraction of sp³-hybridized carbons (Fsp3) is 0.0667. The zero-order chi connectivity index (χ0) is 12.1. The van der Waals surface area contributed by atoms with Gasteiger partial charge in [-0.25, -0.2) is 4.39 Å². The predicted octanol–water partition coefficient (Wildman–Crippen LogP) is 3.49. The SMILES string of the molecule is OCc1ccc(/C=C/c2cccc(F)c2)cc1. The van der Waals surface area contributed by atoms with Gasteiger partial charge in [0.25, 0.3) is 0 Å². The Labute approximate surface area is 99.9 Å². The highest BCUT2D eigenvalue weighted by molar-refractivity contribution is 5.69. The minimum Gasteiger partial charge on any atom is -0.392 e. The molecule has 86 valence electrons. The number of rotatable bonds is 3. The number of aliphatic hydroxyl groups excluding tert-OH is 1. The first-order valence-electron chi connectivity index (χ1n) is 5.41. The smallest absolute Gasteiger partial charge is 0.123 e. The van der Waals surface area contributed by atoms with Gasteiger partial charge in [-0.05, 0) is 28.8 Å². The lowest BCUT2D eigenvalue weighted by Crippen LogP contribution is -1.81. The van der Waals surface area contributed by atoms with Crippen LogP contribution in [0.3, 0.4) is 0 Å². The van der Waals surface area contributed by atoms with Crippen molar-refractivity contribution < 1.29 is 9.50 Å². The van der Waals surface area contributed by atoms with Crippen LogP contribution in [0.1, 0.15) is 16.7 Å². The van der Waals surface area contributed by atoms with Crippen molar-refractivity contribution in [3.63, 3.8) is 0 Å². The van der Waals surface area contributed by atoms with Crippen LogP contribution < -0.4 is 0 Å². The van der Waals surface area contributed by atoms with Gasteiger partial charge in [-0.3, -0.25) is 0 Å². The minimum absolute atomic E-state index is 0.0495. The van der Waals surface area contributed by atoms with E-state index in [0.717, 1.165) is 16.7 Å². The molecule has 2 rings (SSSR count). The molecule has 1 N–H and O–H groups in total. The number of hydrogen-bond acceptors (Lipinski definition) is 1. The number of halogens is 1. The van der Waals surface area contributed by atoms with Crippen LogP contribution in [0.15, 0.2) is 48.5 Å². The molecule has 2 aromatic rings. The molecule has 17 heavy (non-hydrogen) atoms. The maximum atomic E-state index is 12.9. The topological polar surface area (TPSA) is 20.2 Å². The molecule has 0 heterocycles. The Morgan fingerprint density at radius 3 is 2.29 bits per heavy atom. The van der Waals surface area contributed by atoms with Crippen LogP contribution in [0, 0.1) is 5.82 Å². The molecule has 2 aromatic carbocycles. The molecule has 0 radical (unpaired) electrons. The molecule has 0 aliphatic rings. The molecule has 0 saturated carbocycles. The van der Waals surface area contributed by atoms with Crippen molar-refractivity contribution in [2.24, 2.45) is 0 Å². The van der Waals surface area contributed by atoms with E-state index < -0.39 is 0 Å². The molecule has 0 atom stereocenters. The van der Waals surface area contributed by atoms with E-state index in [1.54, 1.807) is 6.07 Å². The molecular formula is C15H13FO. The van der Waals surface area contributed by atoms with Crippen molar-refractivity contribution in [3.05, 3.63) is 71.0 Å². The van der Waals surface area contributed by atoms with Crippen molar-refractivity contribution in [2.75, 3.05) is 0 Å². The van der Waals surface area contributed by atoms with Crippen LogP contribution in [0.2, 0.25) is 0 Å². The second-order valence-corrected chi connectivity index (χ2v) is 3.79. The first-order chi connectivity index (χ1) is 8.28. The molecule has 0 aliphatic heterocycles. The molecule has 0 aromatic heterocycles. The van der Waals surface area contributed by atoms with Crippen molar-refractivity contribution in [1.82, 2.24) is 0 Å². The van der Waals surface area contributed by atoms with E-state index in [4.69, 9.17) is 5.11 Å². The second-order valence-electron chi connectivity index (χ2n) is 3.79. The zero-order valence-electron chi connectivity index (χ0n) is 9.31. The van der Waals surface area contributed by atoms with Crippen LogP contribution in [0.5, 0.6) is 0 Å². The second kappa shape index (κ2) is 5.41. The molecule has 0 unspecified atom stereocenters. The lowest BCUT2D eigenvalue weighted by Gasteiger charge is -1.97. The maximum Gasteiger partial charge on any atom is 0.123 e. The first kappa shape index (κ1) is 11.6. The Morgan fingerprint density at radius 1 is 0.941 bits per heavy atom. The van der Waals surface area contributed by atoms with E-state index in [2.05, 4.69) is 0 Å². The third kappa shape index (κ3) is 3.26. The van der Waals surface area contributed by atoms with E-state index in [1.165, 1.54) is 12.1 Å². The molecule has 0 saturated heterocycles. The summed E-state index contributed by atoms with van der Waals surface area (Å²) in [5, 5.41) is 8.91. The van der Waals surface area contributed by atoms with Gasteiger partial charge in [0.05, 0.1) is 6.61 Å². The fourth-order valence-corrected chi connectivity index (χ4v) is 1.54. The summed E-state index contributed by atoms with van der Waals surface area (Å²) in [6, 6.07) is 14.0. The summed E-state index contributed by atoms with van der Waals surface area (Å²) in [6.45, 7) is 0.0495. The Morgan fingerprint density at radius 2 is 1.65 bits per heavy atom. The van der Waals surface area contributed by atoms with Crippen molar-refractivity contribution in [1.29, 1.82) is 0 Å². The van der Waals surface area contributed by atoms with Crippen LogP contribution in [-0.2, 0) is 6.61 Å². The summed E-state index contributed by atoms with van der Waals surface area (Å²) < 4.78 is 12.9. The number of hydrogen-bond donors (Lipinski definition) is 1. The van der Waals surface area contributed by atoms with E-state index >= 15 is 0 Å². The largest absolute Gasteiger partial charge is 0.392 e. The molecule has 2 heteroatoms. The third-order valence-corrected chi connectivity index (χ3v) is 2.48. The molecule has 1 nitrogen and oxygen atoms in total. The lowest BCUT2D eigenvalue weighted by atomic mass is 10.1. The highest BCUT2D eigenvalue weighted by atomic mass is 19.1. The van der Waals surface area contributed by atoms with Gasteiger partial charge >= 0.3 is 0 Å². The molecule has 0 fully saturated rings. The molecule has 0 spiro atoms. The molecule has 0 bridgehead atoms. The van der Waals surface area contributed by atoms with E-state index in [9.17, 15) is 4.39 Å². The first-order valence-corrected chi connectivity index (χ1v) is 5.41. The van der Waals surface area contributed by atoms with Crippen molar-refractivity contribution in [3.8, 4) is 0 Å². The van der Waals surface area contributed by atoms with Gasteiger partial charge in [0.15, 0.2) is 0 Å². The summed E-state index contributed by atoms with van der Waals surface area (Å²) in [7, 11) is 0. The summed E-state index contributed by atoms with van der Waals surface area (Å²) in [5.74, 6) is -0.234. The van der Waals surface area contributed by atoms with Gasteiger partial charge in [-0.2, -0.15) is 0 Å². The lowest BCUT2D eigenvalue weighted by molar-refractivity contribution is 0.282.